The number of pyridine rings is 1. The van der Waals surface area contributed by atoms with Crippen molar-refractivity contribution in [2.75, 3.05) is 18.0 Å². The van der Waals surface area contributed by atoms with Gasteiger partial charge < -0.3 is 16.4 Å². The number of hydrogen-bond donors (Lipinski definition) is 2. The van der Waals surface area contributed by atoms with E-state index < -0.39 is 5.91 Å². The van der Waals surface area contributed by atoms with Gasteiger partial charge in [-0.15, -0.1) is 0 Å². The first-order valence-corrected chi connectivity index (χ1v) is 6.37. The van der Waals surface area contributed by atoms with Crippen LogP contribution in [0.25, 0.3) is 0 Å². The van der Waals surface area contributed by atoms with E-state index in [1.165, 1.54) is 6.42 Å². The number of amides is 1. The smallest absolute Gasteiger partial charge is 0.252 e. The molecule has 0 bridgehead atoms. The predicted molar refractivity (Wildman–Crippen MR) is 71.5 cm³/mol. The Balaban J connectivity index is 2.41. The standard InChI is InChI=1S/C13H20N4O/c1-9-5-6-11(12(15)18)13(16-9)17-7-3-2-4-10(17)8-14/h5-6,10H,2-4,7-8,14H2,1H3,(H2,15,18). The Morgan fingerprint density at radius 3 is 2.94 bits per heavy atom. The number of anilines is 1. The van der Waals surface area contributed by atoms with Crippen LogP contribution in [-0.2, 0) is 0 Å². The highest BCUT2D eigenvalue weighted by molar-refractivity contribution is 5.97. The van der Waals surface area contributed by atoms with E-state index in [9.17, 15) is 4.79 Å². The second-order valence-corrected chi connectivity index (χ2v) is 4.77. The summed E-state index contributed by atoms with van der Waals surface area (Å²) in [5.41, 5.74) is 12.6. The van der Waals surface area contributed by atoms with Crippen LogP contribution in [0.3, 0.4) is 0 Å². The number of nitrogens with zero attached hydrogens (tertiary/aromatic N) is 2. The zero-order valence-corrected chi connectivity index (χ0v) is 10.7. The molecule has 2 rings (SSSR count). The Morgan fingerprint density at radius 2 is 2.28 bits per heavy atom. The molecule has 1 saturated heterocycles. The molecule has 4 N–H and O–H groups in total. The molecule has 0 radical (unpaired) electrons. The Kier molecular flexibility index (Phi) is 3.81. The summed E-state index contributed by atoms with van der Waals surface area (Å²) in [6, 6.07) is 3.82. The maximum Gasteiger partial charge on any atom is 0.252 e. The van der Waals surface area contributed by atoms with Gasteiger partial charge in [-0.1, -0.05) is 0 Å². The number of carbonyl (C=O) groups excluding carboxylic acids is 1. The number of primary amides is 1. The van der Waals surface area contributed by atoms with Gasteiger partial charge in [0.2, 0.25) is 0 Å². The second-order valence-electron chi connectivity index (χ2n) is 4.77. The van der Waals surface area contributed by atoms with Crippen molar-refractivity contribution in [2.45, 2.75) is 32.2 Å². The lowest BCUT2D eigenvalue weighted by atomic mass is 10.0. The fraction of sp³-hybridized carbons (Fsp3) is 0.538. The van der Waals surface area contributed by atoms with Gasteiger partial charge in [0, 0.05) is 24.8 Å². The zero-order valence-electron chi connectivity index (χ0n) is 10.7. The summed E-state index contributed by atoms with van der Waals surface area (Å²) in [7, 11) is 0. The fourth-order valence-electron chi connectivity index (χ4n) is 2.48. The molecule has 0 aromatic carbocycles. The molecule has 1 amide bonds. The Bertz CT molecular complexity index is 447. The first kappa shape index (κ1) is 12.8. The van der Waals surface area contributed by atoms with Crippen LogP contribution < -0.4 is 16.4 Å². The summed E-state index contributed by atoms with van der Waals surface area (Å²) >= 11 is 0. The van der Waals surface area contributed by atoms with Crippen molar-refractivity contribution in [1.82, 2.24) is 4.98 Å². The number of hydrogen-bond acceptors (Lipinski definition) is 4. The van der Waals surface area contributed by atoms with E-state index in [1.807, 2.05) is 13.0 Å². The van der Waals surface area contributed by atoms with Crippen LogP contribution in [0.1, 0.15) is 35.3 Å². The first-order valence-electron chi connectivity index (χ1n) is 6.37. The molecule has 98 valence electrons. The average Bonchev–Trinajstić information content (AvgIpc) is 2.38. The summed E-state index contributed by atoms with van der Waals surface area (Å²) in [6.45, 7) is 3.38. The van der Waals surface area contributed by atoms with E-state index in [4.69, 9.17) is 11.5 Å². The summed E-state index contributed by atoms with van der Waals surface area (Å²) in [4.78, 5) is 18.1. The molecule has 1 aromatic heterocycles. The normalized spacial score (nSPS) is 19.9. The lowest BCUT2D eigenvalue weighted by Gasteiger charge is -2.36. The van der Waals surface area contributed by atoms with Crippen LogP contribution in [0, 0.1) is 6.92 Å². The quantitative estimate of drug-likeness (QED) is 0.828. The third-order valence-electron chi connectivity index (χ3n) is 3.45. The van der Waals surface area contributed by atoms with Crippen molar-refractivity contribution >= 4 is 11.7 Å². The molecule has 1 aliphatic heterocycles. The van der Waals surface area contributed by atoms with Crippen LogP contribution >= 0.6 is 0 Å². The molecule has 0 spiro atoms. The Hall–Kier alpha value is -1.62. The fourth-order valence-corrected chi connectivity index (χ4v) is 2.48. The molecular weight excluding hydrogens is 228 g/mol. The van der Waals surface area contributed by atoms with Gasteiger partial charge in [0.25, 0.3) is 5.91 Å². The summed E-state index contributed by atoms with van der Waals surface area (Å²) < 4.78 is 0. The molecule has 18 heavy (non-hydrogen) atoms. The molecular formula is C13H20N4O. The van der Waals surface area contributed by atoms with Crippen molar-refractivity contribution in [3.63, 3.8) is 0 Å². The van der Waals surface area contributed by atoms with Crippen molar-refractivity contribution in [2.24, 2.45) is 11.5 Å². The van der Waals surface area contributed by atoms with E-state index in [0.29, 0.717) is 17.9 Å². The molecule has 1 atom stereocenters. The minimum atomic E-state index is -0.432. The van der Waals surface area contributed by atoms with E-state index >= 15 is 0 Å². The van der Waals surface area contributed by atoms with Gasteiger partial charge in [0.15, 0.2) is 0 Å². The molecule has 1 fully saturated rings. The highest BCUT2D eigenvalue weighted by Crippen LogP contribution is 2.26. The topological polar surface area (TPSA) is 85.2 Å². The number of carbonyl (C=O) groups is 1. The summed E-state index contributed by atoms with van der Waals surface area (Å²) in [6.07, 6.45) is 3.32. The van der Waals surface area contributed by atoms with Crippen molar-refractivity contribution in [1.29, 1.82) is 0 Å². The average molecular weight is 248 g/mol. The largest absolute Gasteiger partial charge is 0.365 e. The van der Waals surface area contributed by atoms with Crippen LogP contribution in [0.5, 0.6) is 0 Å². The molecule has 5 heteroatoms. The van der Waals surface area contributed by atoms with Gasteiger partial charge in [-0.05, 0) is 38.3 Å². The van der Waals surface area contributed by atoms with E-state index in [-0.39, 0.29) is 6.04 Å². The van der Waals surface area contributed by atoms with E-state index in [0.717, 1.165) is 25.1 Å². The number of nitrogens with two attached hydrogens (primary N) is 2. The molecule has 0 saturated carbocycles. The predicted octanol–water partition coefficient (Wildman–Crippen LogP) is 0.807. The van der Waals surface area contributed by atoms with Crippen molar-refractivity contribution < 1.29 is 4.79 Å². The van der Waals surface area contributed by atoms with Gasteiger partial charge in [-0.3, -0.25) is 4.79 Å². The number of piperidine rings is 1. The highest BCUT2D eigenvalue weighted by atomic mass is 16.1. The molecule has 5 nitrogen and oxygen atoms in total. The summed E-state index contributed by atoms with van der Waals surface area (Å²) in [5.74, 6) is 0.261. The van der Waals surface area contributed by atoms with Gasteiger partial charge in [-0.2, -0.15) is 0 Å². The summed E-state index contributed by atoms with van der Waals surface area (Å²) in [5, 5.41) is 0. The van der Waals surface area contributed by atoms with Crippen LogP contribution in [0.15, 0.2) is 12.1 Å². The highest BCUT2D eigenvalue weighted by Gasteiger charge is 2.25. The van der Waals surface area contributed by atoms with Crippen molar-refractivity contribution in [3.05, 3.63) is 23.4 Å². The van der Waals surface area contributed by atoms with Gasteiger partial charge in [-0.25, -0.2) is 4.98 Å². The minimum Gasteiger partial charge on any atom is -0.365 e. The maximum absolute atomic E-state index is 11.5. The van der Waals surface area contributed by atoms with E-state index in [2.05, 4.69) is 9.88 Å². The minimum absolute atomic E-state index is 0.256. The third-order valence-corrected chi connectivity index (χ3v) is 3.45. The molecule has 2 heterocycles. The SMILES string of the molecule is Cc1ccc(C(N)=O)c(N2CCCCC2CN)n1. The zero-order chi connectivity index (χ0) is 13.1. The van der Waals surface area contributed by atoms with Crippen LogP contribution in [0.2, 0.25) is 0 Å². The molecule has 1 aromatic rings. The molecule has 0 aliphatic carbocycles. The maximum atomic E-state index is 11.5. The molecule has 1 aliphatic rings. The van der Waals surface area contributed by atoms with Gasteiger partial charge in [0.1, 0.15) is 5.82 Å². The van der Waals surface area contributed by atoms with E-state index in [1.54, 1.807) is 6.07 Å². The van der Waals surface area contributed by atoms with Gasteiger partial charge in [0.05, 0.1) is 5.56 Å². The lowest BCUT2D eigenvalue weighted by Crippen LogP contribution is -2.45. The van der Waals surface area contributed by atoms with Gasteiger partial charge >= 0.3 is 0 Å². The number of rotatable bonds is 3. The first-order chi connectivity index (χ1) is 8.63. The van der Waals surface area contributed by atoms with Crippen LogP contribution in [-0.4, -0.2) is 30.0 Å². The second kappa shape index (κ2) is 5.35. The van der Waals surface area contributed by atoms with Crippen molar-refractivity contribution in [3.8, 4) is 0 Å². The molecule has 1 unspecified atom stereocenters. The third kappa shape index (κ3) is 2.46. The number of aryl methyl sites for hydroxylation is 1. The number of aromatic nitrogens is 1. The van der Waals surface area contributed by atoms with Crippen LogP contribution in [0.4, 0.5) is 5.82 Å². The lowest BCUT2D eigenvalue weighted by molar-refractivity contribution is 0.100. The Morgan fingerprint density at radius 1 is 1.50 bits per heavy atom. The Labute approximate surface area is 107 Å². The monoisotopic (exact) mass is 248 g/mol.